The van der Waals surface area contributed by atoms with E-state index in [1.54, 1.807) is 48.5 Å². The molecule has 0 aliphatic rings. The Balaban J connectivity index is 1.23. The standard InChI is InChI=1S/C35H30N4O4/c1-35(2,3)29-18-16-27(17-19-29)32(40)37-30(34(41)42)20-22-4-10-26(11-5-22)31-38-33(43-39-31)28-14-12-25(13-15-28)24-8-6-23(21-36)7-9-24/h4-19,30H,20H2,1-3H3,(H,37,40)(H,41,42)/t30-/m0/s1. The molecule has 214 valence electrons. The molecule has 0 saturated carbocycles. The van der Waals surface area contributed by atoms with Crippen molar-refractivity contribution in [3.63, 3.8) is 0 Å². The van der Waals surface area contributed by atoms with Crippen LogP contribution in [-0.4, -0.2) is 33.2 Å². The summed E-state index contributed by atoms with van der Waals surface area (Å²) in [5, 5.41) is 25.5. The van der Waals surface area contributed by atoms with Crippen LogP contribution in [0.3, 0.4) is 0 Å². The SMILES string of the molecule is CC(C)(C)c1ccc(C(=O)N[C@@H](Cc2ccc(-c3noc(-c4ccc(-c5ccc(C#N)cc5)cc4)n3)cc2)C(=O)O)cc1. The van der Waals surface area contributed by atoms with E-state index in [1.807, 2.05) is 48.5 Å². The number of nitrogens with one attached hydrogen (secondary N) is 1. The van der Waals surface area contributed by atoms with Crippen LogP contribution < -0.4 is 5.32 Å². The van der Waals surface area contributed by atoms with E-state index < -0.39 is 17.9 Å². The minimum atomic E-state index is -1.11. The summed E-state index contributed by atoms with van der Waals surface area (Å²) in [6, 6.07) is 30.5. The summed E-state index contributed by atoms with van der Waals surface area (Å²) in [6.45, 7) is 6.26. The molecule has 0 unspecified atom stereocenters. The first-order chi connectivity index (χ1) is 20.6. The number of carbonyl (C=O) groups excluding carboxylic acids is 1. The molecule has 0 fully saturated rings. The van der Waals surface area contributed by atoms with Crippen molar-refractivity contribution in [2.45, 2.75) is 38.6 Å². The van der Waals surface area contributed by atoms with Gasteiger partial charge in [-0.1, -0.05) is 86.6 Å². The Morgan fingerprint density at radius 2 is 1.40 bits per heavy atom. The molecule has 0 saturated heterocycles. The second-order valence-electron chi connectivity index (χ2n) is 11.3. The van der Waals surface area contributed by atoms with Gasteiger partial charge in [0.25, 0.3) is 11.8 Å². The fraction of sp³-hybridized carbons (Fsp3) is 0.171. The van der Waals surface area contributed by atoms with Gasteiger partial charge in [-0.3, -0.25) is 4.79 Å². The summed E-state index contributed by atoms with van der Waals surface area (Å²) in [6.07, 6.45) is 0.116. The van der Waals surface area contributed by atoms with Crippen LogP contribution in [0.25, 0.3) is 34.0 Å². The molecule has 1 aromatic heterocycles. The van der Waals surface area contributed by atoms with Crippen molar-refractivity contribution in [2.24, 2.45) is 0 Å². The van der Waals surface area contributed by atoms with E-state index in [-0.39, 0.29) is 11.8 Å². The van der Waals surface area contributed by atoms with E-state index in [1.165, 1.54) is 0 Å². The largest absolute Gasteiger partial charge is 0.480 e. The van der Waals surface area contributed by atoms with Crippen molar-refractivity contribution >= 4 is 11.9 Å². The number of hydrogen-bond acceptors (Lipinski definition) is 6. The maximum absolute atomic E-state index is 12.8. The van der Waals surface area contributed by atoms with Gasteiger partial charge < -0.3 is 14.9 Å². The average Bonchev–Trinajstić information content (AvgIpc) is 3.51. The number of carboxylic acids is 1. The highest BCUT2D eigenvalue weighted by molar-refractivity contribution is 5.96. The first-order valence-electron chi connectivity index (χ1n) is 13.8. The first kappa shape index (κ1) is 29.0. The molecule has 5 rings (SSSR count). The molecule has 8 nitrogen and oxygen atoms in total. The Hall–Kier alpha value is -5.55. The Morgan fingerprint density at radius 1 is 0.837 bits per heavy atom. The highest BCUT2D eigenvalue weighted by Gasteiger charge is 2.22. The minimum absolute atomic E-state index is 0.0482. The number of hydrogen-bond donors (Lipinski definition) is 2. The number of carboxylic acid groups (broad SMARTS) is 1. The molecule has 0 bridgehead atoms. The maximum atomic E-state index is 12.8. The van der Waals surface area contributed by atoms with Gasteiger partial charge in [-0.2, -0.15) is 10.2 Å². The van der Waals surface area contributed by atoms with Gasteiger partial charge in [0.2, 0.25) is 5.82 Å². The third kappa shape index (κ3) is 6.85. The van der Waals surface area contributed by atoms with Crippen LogP contribution in [-0.2, 0) is 16.6 Å². The second-order valence-corrected chi connectivity index (χ2v) is 11.3. The molecule has 4 aromatic carbocycles. The number of nitrogens with zero attached hydrogens (tertiary/aromatic N) is 3. The zero-order valence-corrected chi connectivity index (χ0v) is 24.0. The normalized spacial score (nSPS) is 11.9. The highest BCUT2D eigenvalue weighted by atomic mass is 16.5. The molecule has 8 heteroatoms. The van der Waals surface area contributed by atoms with E-state index in [2.05, 4.69) is 42.3 Å². The Kier molecular flexibility index (Phi) is 8.17. The molecular weight excluding hydrogens is 540 g/mol. The molecule has 2 N–H and O–H groups in total. The van der Waals surface area contributed by atoms with E-state index >= 15 is 0 Å². The van der Waals surface area contributed by atoms with Gasteiger partial charge in [-0.15, -0.1) is 0 Å². The molecule has 1 atom stereocenters. The van der Waals surface area contributed by atoms with E-state index in [0.29, 0.717) is 28.4 Å². The van der Waals surface area contributed by atoms with Crippen molar-refractivity contribution in [3.8, 4) is 40.0 Å². The van der Waals surface area contributed by atoms with Gasteiger partial charge in [-0.25, -0.2) is 4.79 Å². The second kappa shape index (κ2) is 12.1. The predicted molar refractivity (Wildman–Crippen MR) is 163 cm³/mol. The molecule has 5 aromatic rings. The number of amides is 1. The minimum Gasteiger partial charge on any atom is -0.480 e. The van der Waals surface area contributed by atoms with E-state index in [9.17, 15) is 14.7 Å². The van der Waals surface area contributed by atoms with E-state index in [0.717, 1.165) is 27.8 Å². The molecule has 1 heterocycles. The zero-order chi connectivity index (χ0) is 30.6. The zero-order valence-electron chi connectivity index (χ0n) is 24.0. The van der Waals surface area contributed by atoms with Crippen molar-refractivity contribution in [1.82, 2.24) is 15.5 Å². The van der Waals surface area contributed by atoms with Gasteiger partial charge in [0.1, 0.15) is 6.04 Å². The van der Waals surface area contributed by atoms with Gasteiger partial charge in [0.15, 0.2) is 0 Å². The van der Waals surface area contributed by atoms with Gasteiger partial charge in [0, 0.05) is 23.1 Å². The molecule has 0 aliphatic heterocycles. The summed E-state index contributed by atoms with van der Waals surface area (Å²) in [7, 11) is 0. The fourth-order valence-electron chi connectivity index (χ4n) is 4.59. The van der Waals surface area contributed by atoms with Crippen molar-refractivity contribution < 1.29 is 19.2 Å². The molecule has 43 heavy (non-hydrogen) atoms. The van der Waals surface area contributed by atoms with Crippen LogP contribution in [0.4, 0.5) is 0 Å². The number of benzene rings is 4. The molecule has 0 spiro atoms. The third-order valence-electron chi connectivity index (χ3n) is 7.17. The average molecular weight is 571 g/mol. The first-order valence-corrected chi connectivity index (χ1v) is 13.8. The third-order valence-corrected chi connectivity index (χ3v) is 7.17. The Bertz CT molecular complexity index is 1780. The summed E-state index contributed by atoms with van der Waals surface area (Å²) in [5.74, 6) is -0.778. The molecule has 0 radical (unpaired) electrons. The molecule has 0 aliphatic carbocycles. The number of aromatic nitrogens is 2. The predicted octanol–water partition coefficient (Wildman–Crippen LogP) is 6.67. The fourth-order valence-corrected chi connectivity index (χ4v) is 4.59. The van der Waals surface area contributed by atoms with Gasteiger partial charge in [-0.05, 0) is 64.1 Å². The number of aliphatic carboxylic acids is 1. The van der Waals surface area contributed by atoms with E-state index in [4.69, 9.17) is 9.78 Å². The van der Waals surface area contributed by atoms with Crippen molar-refractivity contribution in [3.05, 3.63) is 119 Å². The van der Waals surface area contributed by atoms with Crippen molar-refractivity contribution in [2.75, 3.05) is 0 Å². The Labute approximate surface area is 249 Å². The van der Waals surface area contributed by atoms with Gasteiger partial charge in [0.05, 0.1) is 11.6 Å². The molecule has 1 amide bonds. The maximum Gasteiger partial charge on any atom is 0.326 e. The number of carbonyl (C=O) groups is 2. The number of nitriles is 1. The van der Waals surface area contributed by atoms with Crippen LogP contribution >= 0.6 is 0 Å². The van der Waals surface area contributed by atoms with Crippen LogP contribution in [0.5, 0.6) is 0 Å². The van der Waals surface area contributed by atoms with Gasteiger partial charge >= 0.3 is 5.97 Å². The summed E-state index contributed by atoms with van der Waals surface area (Å²) in [5.41, 5.74) is 6.27. The Morgan fingerprint density at radius 3 is 1.95 bits per heavy atom. The summed E-state index contributed by atoms with van der Waals surface area (Å²) < 4.78 is 5.50. The topological polar surface area (TPSA) is 129 Å². The van der Waals surface area contributed by atoms with Crippen LogP contribution in [0.15, 0.2) is 102 Å². The lowest BCUT2D eigenvalue weighted by Crippen LogP contribution is -2.42. The van der Waals surface area contributed by atoms with Crippen LogP contribution in [0, 0.1) is 11.3 Å². The monoisotopic (exact) mass is 570 g/mol. The quantitative estimate of drug-likeness (QED) is 0.213. The highest BCUT2D eigenvalue weighted by Crippen LogP contribution is 2.27. The summed E-state index contributed by atoms with van der Waals surface area (Å²) >= 11 is 0. The lowest BCUT2D eigenvalue weighted by atomic mass is 9.86. The lowest BCUT2D eigenvalue weighted by Gasteiger charge is -2.19. The molecular formula is C35H30N4O4. The summed E-state index contributed by atoms with van der Waals surface area (Å²) in [4.78, 5) is 29.2. The van der Waals surface area contributed by atoms with Crippen molar-refractivity contribution in [1.29, 1.82) is 5.26 Å². The van der Waals surface area contributed by atoms with Crippen LogP contribution in [0.1, 0.15) is 47.8 Å². The number of rotatable bonds is 8. The smallest absolute Gasteiger partial charge is 0.326 e. The van der Waals surface area contributed by atoms with Crippen LogP contribution in [0.2, 0.25) is 0 Å². The lowest BCUT2D eigenvalue weighted by molar-refractivity contribution is -0.139.